The fraction of sp³-hybridized carbons (Fsp3) is 0.235. The van der Waals surface area contributed by atoms with Crippen LogP contribution in [0.1, 0.15) is 13.8 Å². The number of halogens is 1. The monoisotopic (exact) mass is 396 g/mol. The number of sulfone groups is 1. The maximum Gasteiger partial charge on any atom is 0.240 e. The third kappa shape index (κ3) is 3.89. The summed E-state index contributed by atoms with van der Waals surface area (Å²) in [5, 5.41) is 5.29. The lowest BCUT2D eigenvalue weighted by molar-refractivity contribution is 0.568. The summed E-state index contributed by atoms with van der Waals surface area (Å²) in [7, 11) is -3.83. The van der Waals surface area contributed by atoms with Crippen LogP contribution in [0.5, 0.6) is 0 Å². The van der Waals surface area contributed by atoms with Gasteiger partial charge in [0.25, 0.3) is 0 Å². The van der Waals surface area contributed by atoms with Crippen molar-refractivity contribution in [3.8, 4) is 10.8 Å². The Morgan fingerprint density at radius 3 is 2.56 bits per heavy atom. The van der Waals surface area contributed by atoms with Crippen LogP contribution in [0, 0.1) is 5.92 Å². The molecule has 0 aliphatic rings. The second kappa shape index (κ2) is 7.19. The van der Waals surface area contributed by atoms with E-state index in [2.05, 4.69) is 10.3 Å². The Balaban J connectivity index is 2.07. The minimum atomic E-state index is -3.83. The molecule has 0 radical (unpaired) electrons. The van der Waals surface area contributed by atoms with Crippen LogP contribution in [0.4, 0.5) is 5.88 Å². The van der Waals surface area contributed by atoms with Gasteiger partial charge in [0.05, 0.1) is 9.77 Å². The lowest BCUT2D eigenvalue weighted by Crippen LogP contribution is -2.11. The Labute approximate surface area is 155 Å². The quantitative estimate of drug-likeness (QED) is 0.637. The van der Waals surface area contributed by atoms with Gasteiger partial charge >= 0.3 is 0 Å². The van der Waals surface area contributed by atoms with Gasteiger partial charge in [0.1, 0.15) is 0 Å². The first-order valence-corrected chi connectivity index (χ1v) is 10.4. The Bertz CT molecular complexity index is 946. The lowest BCUT2D eigenvalue weighted by atomic mass is 10.2. The van der Waals surface area contributed by atoms with Crippen LogP contribution in [0.2, 0.25) is 5.02 Å². The highest BCUT2D eigenvalue weighted by molar-refractivity contribution is 7.91. The molecule has 0 aliphatic carbocycles. The Kier molecular flexibility index (Phi) is 5.17. The normalized spacial score (nSPS) is 11.8. The first-order chi connectivity index (χ1) is 11.9. The SMILES string of the molecule is CC(C)CNc1oc(-c2cccs2)nc1S(=O)(=O)c1ccc(Cl)cc1. The number of hydrogen-bond donors (Lipinski definition) is 1. The van der Waals surface area contributed by atoms with Crippen molar-refractivity contribution >= 4 is 38.7 Å². The Morgan fingerprint density at radius 1 is 1.24 bits per heavy atom. The fourth-order valence-electron chi connectivity index (χ4n) is 2.13. The van der Waals surface area contributed by atoms with Crippen molar-refractivity contribution in [3.63, 3.8) is 0 Å². The minimum absolute atomic E-state index is 0.112. The van der Waals surface area contributed by atoms with E-state index >= 15 is 0 Å². The molecule has 1 aromatic carbocycles. The molecule has 2 heterocycles. The highest BCUT2D eigenvalue weighted by Gasteiger charge is 2.28. The number of oxazole rings is 1. The molecule has 0 amide bonds. The van der Waals surface area contributed by atoms with E-state index in [0.29, 0.717) is 17.5 Å². The molecule has 0 fully saturated rings. The summed E-state index contributed by atoms with van der Waals surface area (Å²) in [6.07, 6.45) is 0. The van der Waals surface area contributed by atoms with Crippen molar-refractivity contribution in [2.45, 2.75) is 23.8 Å². The largest absolute Gasteiger partial charge is 0.418 e. The molecular formula is C17H17ClN2O3S2. The predicted octanol–water partition coefficient (Wildman–Crippen LogP) is 4.96. The number of hydrogen-bond acceptors (Lipinski definition) is 6. The second-order valence-corrected chi connectivity index (χ2v) is 9.11. The highest BCUT2D eigenvalue weighted by Crippen LogP contribution is 2.34. The standard InChI is InChI=1S/C17H17ClN2O3S2/c1-11(2)10-19-16-17(20-15(23-16)14-4-3-9-24-14)25(21,22)13-7-5-12(18)6-8-13/h3-9,11,19H,10H2,1-2H3. The molecule has 0 bridgehead atoms. The van der Waals surface area contributed by atoms with Gasteiger partial charge in [-0.25, -0.2) is 8.42 Å². The number of nitrogens with one attached hydrogen (secondary N) is 1. The molecule has 0 saturated carbocycles. The van der Waals surface area contributed by atoms with Gasteiger partial charge in [-0.1, -0.05) is 31.5 Å². The van der Waals surface area contributed by atoms with E-state index in [4.69, 9.17) is 16.0 Å². The van der Waals surface area contributed by atoms with Gasteiger partial charge < -0.3 is 9.73 Å². The first-order valence-electron chi connectivity index (χ1n) is 7.67. The predicted molar refractivity (Wildman–Crippen MR) is 100 cm³/mol. The molecular weight excluding hydrogens is 380 g/mol. The third-order valence-corrected chi connectivity index (χ3v) is 6.17. The molecule has 0 unspecified atom stereocenters. The smallest absolute Gasteiger partial charge is 0.240 e. The summed E-state index contributed by atoms with van der Waals surface area (Å²) in [6.45, 7) is 4.62. The minimum Gasteiger partial charge on any atom is -0.418 e. The Hall–Kier alpha value is -1.83. The molecule has 8 heteroatoms. The molecule has 3 aromatic rings. The number of aromatic nitrogens is 1. The zero-order chi connectivity index (χ0) is 18.0. The van der Waals surface area contributed by atoms with Crippen molar-refractivity contribution < 1.29 is 12.8 Å². The van der Waals surface area contributed by atoms with E-state index in [9.17, 15) is 8.42 Å². The molecule has 0 spiro atoms. The van der Waals surface area contributed by atoms with Gasteiger partial charge in [-0.15, -0.1) is 11.3 Å². The summed E-state index contributed by atoms with van der Waals surface area (Å²) in [6, 6.07) is 9.69. The van der Waals surface area contributed by atoms with E-state index in [-0.39, 0.29) is 21.7 Å². The number of rotatable bonds is 6. The molecule has 25 heavy (non-hydrogen) atoms. The molecule has 5 nitrogen and oxygen atoms in total. The topological polar surface area (TPSA) is 72.2 Å². The molecule has 1 N–H and O–H groups in total. The van der Waals surface area contributed by atoms with Crippen LogP contribution in [-0.4, -0.2) is 19.9 Å². The van der Waals surface area contributed by atoms with Crippen LogP contribution in [0.25, 0.3) is 10.8 Å². The maximum atomic E-state index is 13.0. The summed E-state index contributed by atoms with van der Waals surface area (Å²) in [5.41, 5.74) is 0. The molecule has 0 saturated heterocycles. The number of thiophene rings is 1. The van der Waals surface area contributed by atoms with Gasteiger partial charge in [-0.3, -0.25) is 0 Å². The van der Waals surface area contributed by atoms with Crippen molar-refractivity contribution in [3.05, 3.63) is 46.8 Å². The van der Waals surface area contributed by atoms with Gasteiger partial charge in [-0.2, -0.15) is 4.98 Å². The van der Waals surface area contributed by atoms with Crippen molar-refractivity contribution in [1.82, 2.24) is 4.98 Å². The van der Waals surface area contributed by atoms with Gasteiger partial charge in [0.15, 0.2) is 0 Å². The number of nitrogens with zero attached hydrogens (tertiary/aromatic N) is 1. The van der Waals surface area contributed by atoms with E-state index in [1.807, 2.05) is 31.4 Å². The zero-order valence-corrected chi connectivity index (χ0v) is 16.1. The van der Waals surface area contributed by atoms with Crippen LogP contribution in [0.15, 0.2) is 56.1 Å². The summed E-state index contributed by atoms with van der Waals surface area (Å²) >= 11 is 7.29. The summed E-state index contributed by atoms with van der Waals surface area (Å²) in [5.74, 6) is 0.766. The van der Waals surface area contributed by atoms with Crippen LogP contribution < -0.4 is 5.32 Å². The second-order valence-electron chi connectivity index (χ2n) is 5.86. The summed E-state index contributed by atoms with van der Waals surface area (Å²) in [4.78, 5) is 5.15. The van der Waals surface area contributed by atoms with E-state index in [1.165, 1.54) is 35.6 Å². The number of anilines is 1. The molecule has 2 aromatic heterocycles. The van der Waals surface area contributed by atoms with Crippen molar-refractivity contribution in [1.29, 1.82) is 0 Å². The van der Waals surface area contributed by atoms with Gasteiger partial charge in [-0.05, 0) is 41.6 Å². The highest BCUT2D eigenvalue weighted by atomic mass is 35.5. The third-order valence-electron chi connectivity index (χ3n) is 3.38. The zero-order valence-electron chi connectivity index (χ0n) is 13.7. The average molecular weight is 397 g/mol. The molecule has 0 aliphatic heterocycles. The maximum absolute atomic E-state index is 13.0. The lowest BCUT2D eigenvalue weighted by Gasteiger charge is -2.08. The summed E-state index contributed by atoms with van der Waals surface area (Å²) < 4.78 is 31.7. The van der Waals surface area contributed by atoms with Crippen molar-refractivity contribution in [2.24, 2.45) is 5.92 Å². The van der Waals surface area contributed by atoms with Crippen molar-refractivity contribution in [2.75, 3.05) is 11.9 Å². The van der Waals surface area contributed by atoms with Crippen LogP contribution in [0.3, 0.4) is 0 Å². The van der Waals surface area contributed by atoms with Crippen LogP contribution in [-0.2, 0) is 9.84 Å². The Morgan fingerprint density at radius 2 is 1.96 bits per heavy atom. The molecule has 0 atom stereocenters. The fourth-order valence-corrected chi connectivity index (χ4v) is 4.18. The average Bonchev–Trinajstić information content (AvgIpc) is 3.23. The van der Waals surface area contributed by atoms with Gasteiger partial charge in [0, 0.05) is 11.6 Å². The van der Waals surface area contributed by atoms with Gasteiger partial charge in [0.2, 0.25) is 26.6 Å². The van der Waals surface area contributed by atoms with Crippen LogP contribution >= 0.6 is 22.9 Å². The van der Waals surface area contributed by atoms with E-state index in [1.54, 1.807) is 0 Å². The first kappa shape index (κ1) is 18.0. The van der Waals surface area contributed by atoms with E-state index < -0.39 is 9.84 Å². The molecule has 132 valence electrons. The molecule has 3 rings (SSSR count). The van der Waals surface area contributed by atoms with E-state index in [0.717, 1.165) is 4.88 Å². The number of benzene rings is 1.